The maximum Gasteiger partial charge on any atom is 0.324 e. The van der Waals surface area contributed by atoms with Crippen molar-refractivity contribution in [3.8, 4) is 5.75 Å². The van der Waals surface area contributed by atoms with E-state index in [0.29, 0.717) is 23.0 Å². The Bertz CT molecular complexity index is 1120. The Labute approximate surface area is 179 Å². The summed E-state index contributed by atoms with van der Waals surface area (Å²) < 4.78 is 16.7. The Morgan fingerprint density at radius 2 is 1.65 bits per heavy atom. The van der Waals surface area contributed by atoms with Crippen molar-refractivity contribution in [2.24, 2.45) is 0 Å². The molecule has 8 nitrogen and oxygen atoms in total. The second kappa shape index (κ2) is 9.88. The fraction of sp³-hybridized carbons (Fsp3) is 0.304. The Hall–Kier alpha value is -3.68. The first-order valence-electron chi connectivity index (χ1n) is 9.93. The van der Waals surface area contributed by atoms with Gasteiger partial charge in [-0.1, -0.05) is 18.2 Å². The van der Waals surface area contributed by atoms with Crippen molar-refractivity contribution < 1.29 is 23.8 Å². The van der Waals surface area contributed by atoms with Gasteiger partial charge in [0.2, 0.25) is 0 Å². The normalized spacial score (nSPS) is 10.8. The van der Waals surface area contributed by atoms with Crippen LogP contribution >= 0.6 is 0 Å². The van der Waals surface area contributed by atoms with Gasteiger partial charge in [-0.2, -0.15) is 0 Å². The van der Waals surface area contributed by atoms with E-state index in [4.69, 9.17) is 14.2 Å². The monoisotopic (exact) mass is 424 g/mol. The summed E-state index contributed by atoms with van der Waals surface area (Å²) in [7, 11) is 1.59. The Balaban J connectivity index is 2.00. The zero-order valence-corrected chi connectivity index (χ0v) is 17.7. The summed E-state index contributed by atoms with van der Waals surface area (Å²) in [6, 6.07) is 12.1. The van der Waals surface area contributed by atoms with E-state index < -0.39 is 17.9 Å². The van der Waals surface area contributed by atoms with Crippen LogP contribution in [0.3, 0.4) is 0 Å². The molecular formula is C23H24N2O6. The second-order valence-electron chi connectivity index (χ2n) is 6.74. The van der Waals surface area contributed by atoms with Crippen molar-refractivity contribution in [2.75, 3.05) is 20.3 Å². The van der Waals surface area contributed by atoms with Crippen LogP contribution in [0, 0.1) is 0 Å². The van der Waals surface area contributed by atoms with Crippen molar-refractivity contribution >= 4 is 22.8 Å². The fourth-order valence-corrected chi connectivity index (χ4v) is 3.22. The molecule has 0 bridgehead atoms. The van der Waals surface area contributed by atoms with Gasteiger partial charge in [0.25, 0.3) is 5.56 Å². The molecule has 0 atom stereocenters. The largest absolute Gasteiger partial charge is 0.497 e. The number of carbonyl (C=O) groups excluding carboxylic acids is 2. The van der Waals surface area contributed by atoms with Gasteiger partial charge in [0.05, 0.1) is 44.1 Å². The van der Waals surface area contributed by atoms with Crippen molar-refractivity contribution in [1.29, 1.82) is 0 Å². The number of nitrogens with zero attached hydrogens (tertiary/aromatic N) is 2. The molecule has 0 saturated carbocycles. The Morgan fingerprint density at radius 3 is 2.23 bits per heavy atom. The molecule has 0 amide bonds. The van der Waals surface area contributed by atoms with Gasteiger partial charge in [-0.25, -0.2) is 4.98 Å². The van der Waals surface area contributed by atoms with E-state index in [-0.39, 0.29) is 18.8 Å². The Kier molecular flexibility index (Phi) is 7.02. The standard InChI is InChI=1S/C23H24N2O6/c1-4-30-22(27)20(23(28)31-5-2)16-8-11-19-18(12-16)21(26)25(14-24-19)13-15-6-9-17(29-3)10-7-15/h6-12,14,20H,4-5,13H2,1-3H3. The topological polar surface area (TPSA) is 96.7 Å². The summed E-state index contributed by atoms with van der Waals surface area (Å²) in [6.45, 7) is 3.87. The van der Waals surface area contributed by atoms with E-state index in [9.17, 15) is 14.4 Å². The summed E-state index contributed by atoms with van der Waals surface area (Å²) >= 11 is 0. The number of rotatable bonds is 8. The summed E-state index contributed by atoms with van der Waals surface area (Å²) in [5.74, 6) is -1.98. The van der Waals surface area contributed by atoms with Crippen molar-refractivity contribution in [3.63, 3.8) is 0 Å². The predicted octanol–water partition coefficient (Wildman–Crippen LogP) is 2.66. The number of aromatic nitrogens is 2. The first kappa shape index (κ1) is 22.0. The van der Waals surface area contributed by atoms with Crippen LogP contribution in [0.15, 0.2) is 53.6 Å². The van der Waals surface area contributed by atoms with Gasteiger partial charge in [0.1, 0.15) is 5.75 Å². The highest BCUT2D eigenvalue weighted by molar-refractivity contribution is 6.01. The van der Waals surface area contributed by atoms with Gasteiger partial charge < -0.3 is 14.2 Å². The highest BCUT2D eigenvalue weighted by atomic mass is 16.6. The molecule has 1 aromatic heterocycles. The molecule has 1 heterocycles. The van der Waals surface area contributed by atoms with E-state index in [1.54, 1.807) is 33.1 Å². The number of hydrogen-bond donors (Lipinski definition) is 0. The molecule has 0 N–H and O–H groups in total. The number of benzene rings is 2. The average molecular weight is 424 g/mol. The molecular weight excluding hydrogens is 400 g/mol. The molecule has 31 heavy (non-hydrogen) atoms. The summed E-state index contributed by atoms with van der Waals surface area (Å²) in [5, 5.41) is 0.298. The molecule has 3 aromatic rings. The van der Waals surface area contributed by atoms with Gasteiger partial charge in [0, 0.05) is 0 Å². The van der Waals surface area contributed by atoms with E-state index in [1.807, 2.05) is 24.3 Å². The fourth-order valence-electron chi connectivity index (χ4n) is 3.22. The number of ether oxygens (including phenoxy) is 3. The van der Waals surface area contributed by atoms with Gasteiger partial charge in [-0.3, -0.25) is 19.0 Å². The zero-order chi connectivity index (χ0) is 22.4. The van der Waals surface area contributed by atoms with Crippen LogP contribution in [-0.4, -0.2) is 41.8 Å². The van der Waals surface area contributed by atoms with Crippen LogP contribution in [0.1, 0.15) is 30.9 Å². The van der Waals surface area contributed by atoms with Gasteiger partial charge in [-0.05, 0) is 49.2 Å². The molecule has 0 fully saturated rings. The number of carbonyl (C=O) groups is 2. The summed E-state index contributed by atoms with van der Waals surface area (Å²) in [4.78, 5) is 42.2. The van der Waals surface area contributed by atoms with Crippen LogP contribution in [0.4, 0.5) is 0 Å². The van der Waals surface area contributed by atoms with Crippen LogP contribution in [0.5, 0.6) is 5.75 Å². The Morgan fingerprint density at radius 1 is 1.00 bits per heavy atom. The molecule has 8 heteroatoms. The van der Waals surface area contributed by atoms with Crippen LogP contribution in [0.25, 0.3) is 10.9 Å². The number of hydrogen-bond acceptors (Lipinski definition) is 7. The maximum atomic E-state index is 13.1. The minimum atomic E-state index is -1.26. The highest BCUT2D eigenvalue weighted by Gasteiger charge is 2.31. The summed E-state index contributed by atoms with van der Waals surface area (Å²) in [5.41, 5.74) is 1.40. The maximum absolute atomic E-state index is 13.1. The molecule has 2 aromatic carbocycles. The zero-order valence-electron chi connectivity index (χ0n) is 17.7. The smallest absolute Gasteiger partial charge is 0.324 e. The number of methoxy groups -OCH3 is 1. The SMILES string of the molecule is CCOC(=O)C(C(=O)OCC)c1ccc2ncn(Cc3ccc(OC)cc3)c(=O)c2c1. The van der Waals surface area contributed by atoms with Gasteiger partial charge in [0.15, 0.2) is 5.92 Å². The lowest BCUT2D eigenvalue weighted by Crippen LogP contribution is -2.27. The second-order valence-corrected chi connectivity index (χ2v) is 6.74. The first-order chi connectivity index (χ1) is 15.0. The molecule has 0 unspecified atom stereocenters. The van der Waals surface area contributed by atoms with E-state index in [1.165, 1.54) is 17.0 Å². The van der Waals surface area contributed by atoms with Crippen LogP contribution < -0.4 is 10.3 Å². The van der Waals surface area contributed by atoms with Crippen molar-refractivity contribution in [3.05, 3.63) is 70.3 Å². The average Bonchev–Trinajstić information content (AvgIpc) is 2.77. The molecule has 0 radical (unpaired) electrons. The molecule has 0 aliphatic carbocycles. The van der Waals surface area contributed by atoms with Crippen LogP contribution in [-0.2, 0) is 25.6 Å². The third kappa shape index (κ3) is 4.91. The van der Waals surface area contributed by atoms with Crippen LogP contribution in [0.2, 0.25) is 0 Å². The van der Waals surface area contributed by atoms with Crippen molar-refractivity contribution in [1.82, 2.24) is 9.55 Å². The third-order valence-electron chi connectivity index (χ3n) is 4.74. The number of esters is 2. The lowest BCUT2D eigenvalue weighted by Gasteiger charge is -2.15. The van der Waals surface area contributed by atoms with E-state index >= 15 is 0 Å². The minimum Gasteiger partial charge on any atom is -0.497 e. The molecule has 162 valence electrons. The van der Waals surface area contributed by atoms with Crippen molar-refractivity contribution in [2.45, 2.75) is 26.3 Å². The van der Waals surface area contributed by atoms with E-state index in [2.05, 4.69) is 4.98 Å². The van der Waals surface area contributed by atoms with Gasteiger partial charge >= 0.3 is 11.9 Å². The lowest BCUT2D eigenvalue weighted by molar-refractivity contribution is -0.156. The van der Waals surface area contributed by atoms with Gasteiger partial charge in [-0.15, -0.1) is 0 Å². The highest BCUT2D eigenvalue weighted by Crippen LogP contribution is 2.22. The predicted molar refractivity (Wildman–Crippen MR) is 114 cm³/mol. The van der Waals surface area contributed by atoms with E-state index in [0.717, 1.165) is 11.3 Å². The minimum absolute atomic E-state index is 0.124. The first-order valence-corrected chi connectivity index (χ1v) is 9.93. The third-order valence-corrected chi connectivity index (χ3v) is 4.74. The molecule has 0 spiro atoms. The quantitative estimate of drug-likeness (QED) is 0.405. The number of fused-ring (bicyclic) bond motifs is 1. The molecule has 0 aliphatic rings. The molecule has 0 aliphatic heterocycles. The molecule has 0 saturated heterocycles. The lowest BCUT2D eigenvalue weighted by atomic mass is 9.97. The summed E-state index contributed by atoms with van der Waals surface area (Å²) in [6.07, 6.45) is 1.47. The molecule has 3 rings (SSSR count).